The van der Waals surface area contributed by atoms with E-state index in [0.717, 1.165) is 11.3 Å². The van der Waals surface area contributed by atoms with E-state index in [1.54, 1.807) is 31.4 Å². The Morgan fingerprint density at radius 2 is 1.82 bits per heavy atom. The summed E-state index contributed by atoms with van der Waals surface area (Å²) in [7, 11) is 3.10. The third kappa shape index (κ3) is 2.15. The van der Waals surface area contributed by atoms with Crippen LogP contribution in [0.25, 0.3) is 5.57 Å². The number of hydrogen-bond donors (Lipinski definition) is 0. The van der Waals surface area contributed by atoms with Gasteiger partial charge >= 0.3 is 5.97 Å². The Hall–Kier alpha value is -1.49. The summed E-state index contributed by atoms with van der Waals surface area (Å²) in [6, 6.07) is 7.15. The van der Waals surface area contributed by atoms with Crippen LogP contribution in [0.5, 0.6) is 5.75 Å². The summed E-state index contributed by atoms with van der Waals surface area (Å²) in [5.41, 5.74) is 1.19. The number of halogens is 1. The molecule has 1 aliphatic heterocycles. The van der Waals surface area contributed by atoms with E-state index in [1.165, 1.54) is 7.11 Å². The molecule has 0 radical (unpaired) electrons. The Morgan fingerprint density at radius 1 is 1.18 bits per heavy atom. The van der Waals surface area contributed by atoms with Gasteiger partial charge in [-0.05, 0) is 33.6 Å². The minimum Gasteiger partial charge on any atom is -0.497 e. The van der Waals surface area contributed by atoms with Crippen molar-refractivity contribution in [3.05, 3.63) is 35.6 Å². The summed E-state index contributed by atoms with van der Waals surface area (Å²) in [5.74, 6) is 0.823. The van der Waals surface area contributed by atoms with Crippen molar-refractivity contribution in [2.24, 2.45) is 0 Å². The largest absolute Gasteiger partial charge is 0.497 e. The molecule has 4 nitrogen and oxygen atoms in total. The molecular formula is C12H11BrO4. The van der Waals surface area contributed by atoms with Crippen LogP contribution in [-0.2, 0) is 14.3 Å². The number of methoxy groups -OCH3 is 2. The predicted molar refractivity (Wildman–Crippen MR) is 65.7 cm³/mol. The van der Waals surface area contributed by atoms with Crippen molar-refractivity contribution in [3.63, 3.8) is 0 Å². The second-order valence-corrected chi connectivity index (χ2v) is 4.22. The Balaban J connectivity index is 2.43. The van der Waals surface area contributed by atoms with Gasteiger partial charge in [-0.1, -0.05) is 12.1 Å². The molecule has 0 fully saturated rings. The third-order valence-corrected chi connectivity index (χ3v) is 3.07. The number of carbonyl (C=O) groups excluding carboxylic acids is 1. The fourth-order valence-corrected chi connectivity index (χ4v) is 2.22. The molecule has 1 atom stereocenters. The quantitative estimate of drug-likeness (QED) is 0.635. The van der Waals surface area contributed by atoms with Crippen molar-refractivity contribution >= 4 is 27.5 Å². The number of alkyl halides is 1. The number of esters is 1. The highest BCUT2D eigenvalue weighted by Gasteiger charge is 2.34. The molecule has 0 aromatic heterocycles. The first-order valence-corrected chi connectivity index (χ1v) is 5.86. The van der Waals surface area contributed by atoms with Gasteiger partial charge in [-0.3, -0.25) is 0 Å². The van der Waals surface area contributed by atoms with Gasteiger partial charge in [-0.15, -0.1) is 0 Å². The zero-order chi connectivity index (χ0) is 12.4. The molecule has 1 unspecified atom stereocenters. The molecular weight excluding hydrogens is 288 g/mol. The molecule has 1 aromatic rings. The van der Waals surface area contributed by atoms with Gasteiger partial charge in [0.15, 0.2) is 5.76 Å². The molecule has 0 N–H and O–H groups in total. The van der Waals surface area contributed by atoms with Crippen molar-refractivity contribution in [2.45, 2.75) is 5.01 Å². The lowest BCUT2D eigenvalue weighted by molar-refractivity contribution is -0.135. The van der Waals surface area contributed by atoms with Crippen LogP contribution in [-0.4, -0.2) is 25.2 Å². The van der Waals surface area contributed by atoms with Gasteiger partial charge in [0, 0.05) is 0 Å². The Kier molecular flexibility index (Phi) is 3.38. The van der Waals surface area contributed by atoms with Crippen LogP contribution in [0.2, 0.25) is 0 Å². The van der Waals surface area contributed by atoms with E-state index in [4.69, 9.17) is 14.2 Å². The van der Waals surface area contributed by atoms with E-state index >= 15 is 0 Å². The van der Waals surface area contributed by atoms with Gasteiger partial charge in [0.1, 0.15) is 11.3 Å². The standard InChI is InChI=1S/C12H11BrO4/c1-15-8-5-3-7(4-6-8)9-10(16-2)11(13)17-12(9)14/h3-6,11H,1-2H3. The molecule has 1 heterocycles. The van der Waals surface area contributed by atoms with Crippen molar-refractivity contribution in [1.29, 1.82) is 0 Å². The van der Waals surface area contributed by atoms with E-state index in [9.17, 15) is 4.79 Å². The first-order valence-electron chi connectivity index (χ1n) is 4.95. The summed E-state index contributed by atoms with van der Waals surface area (Å²) in [6.07, 6.45) is 0. The van der Waals surface area contributed by atoms with Crippen molar-refractivity contribution in [3.8, 4) is 5.75 Å². The van der Waals surface area contributed by atoms with Crippen molar-refractivity contribution in [2.75, 3.05) is 14.2 Å². The monoisotopic (exact) mass is 298 g/mol. The Bertz CT molecular complexity index is 464. The number of rotatable bonds is 3. The second kappa shape index (κ2) is 4.79. The average Bonchev–Trinajstić information content (AvgIpc) is 2.63. The molecule has 1 aliphatic rings. The summed E-state index contributed by atoms with van der Waals surface area (Å²) >= 11 is 3.22. The van der Waals surface area contributed by atoms with E-state index in [1.807, 2.05) is 0 Å². The molecule has 90 valence electrons. The third-order valence-electron chi connectivity index (χ3n) is 2.47. The van der Waals surface area contributed by atoms with Gasteiger partial charge in [-0.25, -0.2) is 4.79 Å². The number of cyclic esters (lactones) is 1. The van der Waals surface area contributed by atoms with Gasteiger partial charge in [0.2, 0.25) is 5.01 Å². The number of benzene rings is 1. The SMILES string of the molecule is COC1=C(c2ccc(OC)cc2)C(=O)OC1Br. The van der Waals surface area contributed by atoms with Gasteiger partial charge in [0.05, 0.1) is 14.2 Å². The molecule has 17 heavy (non-hydrogen) atoms. The smallest absolute Gasteiger partial charge is 0.343 e. The van der Waals surface area contributed by atoms with Gasteiger partial charge < -0.3 is 14.2 Å². The lowest BCUT2D eigenvalue weighted by Gasteiger charge is -2.05. The van der Waals surface area contributed by atoms with Crippen LogP contribution < -0.4 is 4.74 Å². The molecule has 0 bridgehead atoms. The summed E-state index contributed by atoms with van der Waals surface area (Å²) in [5, 5.41) is -0.517. The number of hydrogen-bond acceptors (Lipinski definition) is 4. The highest BCUT2D eigenvalue weighted by Crippen LogP contribution is 2.34. The number of carbonyl (C=O) groups is 1. The van der Waals surface area contributed by atoms with Crippen molar-refractivity contribution < 1.29 is 19.0 Å². The van der Waals surface area contributed by atoms with E-state index in [2.05, 4.69) is 15.9 Å². The molecule has 1 aromatic carbocycles. The Labute approximate surface area is 107 Å². The van der Waals surface area contributed by atoms with Crippen molar-refractivity contribution in [1.82, 2.24) is 0 Å². The maximum atomic E-state index is 11.7. The summed E-state index contributed by atoms with van der Waals surface area (Å²) in [6.45, 7) is 0. The van der Waals surface area contributed by atoms with E-state index in [-0.39, 0.29) is 0 Å². The number of ether oxygens (including phenoxy) is 3. The Morgan fingerprint density at radius 3 is 2.35 bits per heavy atom. The summed E-state index contributed by atoms with van der Waals surface area (Å²) < 4.78 is 15.3. The maximum absolute atomic E-state index is 11.7. The highest BCUT2D eigenvalue weighted by atomic mass is 79.9. The molecule has 0 saturated heterocycles. The van der Waals surface area contributed by atoms with Crippen LogP contribution in [0.3, 0.4) is 0 Å². The van der Waals surface area contributed by atoms with Crippen LogP contribution in [0.15, 0.2) is 30.0 Å². The molecule has 5 heteroatoms. The van der Waals surface area contributed by atoms with E-state index < -0.39 is 11.0 Å². The zero-order valence-corrected chi connectivity index (χ0v) is 11.0. The molecule has 0 saturated carbocycles. The molecule has 0 amide bonds. The first kappa shape index (κ1) is 12.0. The molecule has 0 spiro atoms. The average molecular weight is 299 g/mol. The zero-order valence-electron chi connectivity index (χ0n) is 9.40. The van der Waals surface area contributed by atoms with E-state index in [0.29, 0.717) is 11.3 Å². The minimum atomic E-state index is -0.517. The molecule has 2 rings (SSSR count). The maximum Gasteiger partial charge on any atom is 0.343 e. The minimum absolute atomic E-state index is 0.395. The normalized spacial score (nSPS) is 19.2. The lowest BCUT2D eigenvalue weighted by atomic mass is 10.1. The van der Waals surface area contributed by atoms with Crippen LogP contribution in [0, 0.1) is 0 Å². The second-order valence-electron chi connectivity index (χ2n) is 3.39. The van der Waals surface area contributed by atoms with Crippen LogP contribution in [0.4, 0.5) is 0 Å². The van der Waals surface area contributed by atoms with Gasteiger partial charge in [-0.2, -0.15) is 0 Å². The van der Waals surface area contributed by atoms with Crippen LogP contribution >= 0.6 is 15.9 Å². The summed E-state index contributed by atoms with van der Waals surface area (Å²) in [4.78, 5) is 11.7. The lowest BCUT2D eigenvalue weighted by Crippen LogP contribution is -2.02. The van der Waals surface area contributed by atoms with Gasteiger partial charge in [0.25, 0.3) is 0 Å². The first-order chi connectivity index (χ1) is 8.17. The molecule has 0 aliphatic carbocycles. The fourth-order valence-electron chi connectivity index (χ4n) is 1.63. The fraction of sp³-hybridized carbons (Fsp3) is 0.250. The highest BCUT2D eigenvalue weighted by molar-refractivity contribution is 9.09. The predicted octanol–water partition coefficient (Wildman–Crippen LogP) is 2.33. The van der Waals surface area contributed by atoms with Crippen LogP contribution in [0.1, 0.15) is 5.56 Å². The topological polar surface area (TPSA) is 44.8 Å².